The van der Waals surface area contributed by atoms with Crippen LogP contribution < -0.4 is 10.6 Å². The number of carbonyl (C=O) groups is 1. The van der Waals surface area contributed by atoms with Crippen LogP contribution >= 0.6 is 12.2 Å². The summed E-state index contributed by atoms with van der Waals surface area (Å²) >= 11 is 4.82. The van der Waals surface area contributed by atoms with E-state index in [1.165, 1.54) is 6.20 Å². The first kappa shape index (κ1) is 10.4. The van der Waals surface area contributed by atoms with Crippen LogP contribution in [0.5, 0.6) is 0 Å². The smallest absolute Gasteiger partial charge is 0.327 e. The lowest BCUT2D eigenvalue weighted by molar-refractivity contribution is -0.138. The third-order valence-corrected chi connectivity index (χ3v) is 1.59. The number of aliphatic carboxylic acids is 1. The summed E-state index contributed by atoms with van der Waals surface area (Å²) in [5.74, 6) is -0.589. The Morgan fingerprint density at radius 3 is 3.07 bits per heavy atom. The molecule has 1 rings (SSSR count). The van der Waals surface area contributed by atoms with Crippen molar-refractivity contribution in [3.63, 3.8) is 0 Å². The van der Waals surface area contributed by atoms with Gasteiger partial charge in [0, 0.05) is 7.05 Å². The van der Waals surface area contributed by atoms with E-state index < -0.39 is 5.97 Å². The molecule has 0 radical (unpaired) electrons. The molecule has 0 aromatic carbocycles. The van der Waals surface area contributed by atoms with Gasteiger partial charge >= 0.3 is 5.97 Å². The van der Waals surface area contributed by atoms with Crippen LogP contribution in [0.3, 0.4) is 0 Å². The Balaban J connectivity index is 2.59. The van der Waals surface area contributed by atoms with Gasteiger partial charge in [0.25, 0.3) is 0 Å². The lowest BCUT2D eigenvalue weighted by atomic mass is 10.7. The molecule has 1 heterocycles. The molecule has 0 aliphatic heterocycles. The van der Waals surface area contributed by atoms with Crippen molar-refractivity contribution in [2.24, 2.45) is 0 Å². The number of rotatable bonds is 3. The van der Waals surface area contributed by atoms with Crippen molar-refractivity contribution >= 4 is 29.1 Å². The molecule has 0 amide bonds. The molecule has 0 fully saturated rings. The van der Waals surface area contributed by atoms with Crippen LogP contribution in [0.4, 0.5) is 5.82 Å². The zero-order valence-electron chi connectivity index (χ0n) is 7.39. The Hall–Kier alpha value is -1.70. The molecular formula is C6H9N5O2S. The van der Waals surface area contributed by atoms with Crippen LogP contribution in [0.1, 0.15) is 0 Å². The molecule has 0 bridgehead atoms. The summed E-state index contributed by atoms with van der Waals surface area (Å²) in [5.41, 5.74) is 0. The zero-order valence-corrected chi connectivity index (χ0v) is 8.21. The Morgan fingerprint density at radius 1 is 1.79 bits per heavy atom. The first-order valence-corrected chi connectivity index (χ1v) is 4.13. The molecular weight excluding hydrogens is 206 g/mol. The molecule has 7 nitrogen and oxygen atoms in total. The summed E-state index contributed by atoms with van der Waals surface area (Å²) in [6, 6.07) is 0. The Bertz CT molecular complexity index is 350. The molecule has 3 N–H and O–H groups in total. The van der Waals surface area contributed by atoms with Gasteiger partial charge in [-0.2, -0.15) is 9.90 Å². The van der Waals surface area contributed by atoms with Crippen molar-refractivity contribution in [2.45, 2.75) is 6.54 Å². The molecule has 0 atom stereocenters. The van der Waals surface area contributed by atoms with Crippen molar-refractivity contribution in [1.29, 1.82) is 0 Å². The number of thiocarbonyl (C=S) groups is 1. The van der Waals surface area contributed by atoms with E-state index in [1.807, 2.05) is 0 Å². The summed E-state index contributed by atoms with van der Waals surface area (Å²) in [6.45, 7) is -0.270. The second-order valence-electron chi connectivity index (χ2n) is 2.36. The number of hydrogen-bond acceptors (Lipinski definition) is 4. The maximum Gasteiger partial charge on any atom is 0.327 e. The number of aromatic nitrogens is 3. The fraction of sp³-hybridized carbons (Fsp3) is 0.333. The number of nitrogens with zero attached hydrogens (tertiary/aromatic N) is 3. The minimum absolute atomic E-state index is 0.270. The largest absolute Gasteiger partial charge is 0.480 e. The van der Waals surface area contributed by atoms with Gasteiger partial charge in [-0.25, -0.2) is 0 Å². The van der Waals surface area contributed by atoms with Crippen LogP contribution in [0.15, 0.2) is 6.20 Å². The summed E-state index contributed by atoms with van der Waals surface area (Å²) in [6.07, 6.45) is 1.40. The molecule has 0 saturated heterocycles. The fourth-order valence-corrected chi connectivity index (χ4v) is 0.835. The molecule has 1 aromatic heterocycles. The molecule has 0 unspecified atom stereocenters. The number of nitrogens with one attached hydrogen (secondary N) is 2. The van der Waals surface area contributed by atoms with Gasteiger partial charge in [-0.1, -0.05) is 0 Å². The van der Waals surface area contributed by atoms with Gasteiger partial charge in [0.15, 0.2) is 17.5 Å². The molecule has 14 heavy (non-hydrogen) atoms. The van der Waals surface area contributed by atoms with Gasteiger partial charge in [0.05, 0.1) is 6.20 Å². The maximum atomic E-state index is 10.3. The van der Waals surface area contributed by atoms with Crippen molar-refractivity contribution in [1.82, 2.24) is 20.3 Å². The van der Waals surface area contributed by atoms with E-state index >= 15 is 0 Å². The summed E-state index contributed by atoms with van der Waals surface area (Å²) < 4.78 is 0. The van der Waals surface area contributed by atoms with Crippen molar-refractivity contribution < 1.29 is 9.90 Å². The van der Waals surface area contributed by atoms with E-state index in [-0.39, 0.29) is 6.54 Å². The van der Waals surface area contributed by atoms with E-state index in [2.05, 4.69) is 20.8 Å². The highest BCUT2D eigenvalue weighted by Gasteiger charge is 2.04. The highest BCUT2D eigenvalue weighted by molar-refractivity contribution is 7.80. The van der Waals surface area contributed by atoms with Crippen molar-refractivity contribution in [3.8, 4) is 0 Å². The average molecular weight is 215 g/mol. The predicted octanol–water partition coefficient (Wildman–Crippen LogP) is -0.721. The summed E-state index contributed by atoms with van der Waals surface area (Å²) in [7, 11) is 1.66. The zero-order chi connectivity index (χ0) is 10.6. The first-order valence-electron chi connectivity index (χ1n) is 3.72. The van der Waals surface area contributed by atoms with E-state index in [0.29, 0.717) is 10.9 Å². The highest BCUT2D eigenvalue weighted by atomic mass is 32.1. The number of carboxylic acids is 1. The molecule has 0 aliphatic rings. The molecule has 76 valence electrons. The van der Waals surface area contributed by atoms with E-state index in [0.717, 1.165) is 4.80 Å². The number of carboxylic acid groups (broad SMARTS) is 1. The number of hydrogen-bond donors (Lipinski definition) is 3. The Morgan fingerprint density at radius 2 is 2.50 bits per heavy atom. The normalized spacial score (nSPS) is 9.50. The van der Waals surface area contributed by atoms with Crippen LogP contribution in [0.25, 0.3) is 0 Å². The maximum absolute atomic E-state index is 10.3. The third-order valence-electron chi connectivity index (χ3n) is 1.28. The lowest BCUT2D eigenvalue weighted by Gasteiger charge is -2.01. The van der Waals surface area contributed by atoms with Gasteiger partial charge in [-0.3, -0.25) is 4.79 Å². The number of anilines is 1. The third kappa shape index (κ3) is 2.98. The Kier molecular flexibility index (Phi) is 3.35. The van der Waals surface area contributed by atoms with Crippen molar-refractivity contribution in [2.75, 3.05) is 12.4 Å². The SMILES string of the molecule is CNC(=S)Nc1cnn(CC(=O)O)n1. The van der Waals surface area contributed by atoms with Gasteiger partial charge in [0.1, 0.15) is 0 Å². The van der Waals surface area contributed by atoms with Gasteiger partial charge < -0.3 is 15.7 Å². The summed E-state index contributed by atoms with van der Waals surface area (Å²) in [4.78, 5) is 11.4. The van der Waals surface area contributed by atoms with Crippen LogP contribution in [0, 0.1) is 0 Å². The van der Waals surface area contributed by atoms with E-state index in [1.54, 1.807) is 7.05 Å². The van der Waals surface area contributed by atoms with E-state index in [4.69, 9.17) is 17.3 Å². The van der Waals surface area contributed by atoms with Crippen molar-refractivity contribution in [3.05, 3.63) is 6.20 Å². The van der Waals surface area contributed by atoms with E-state index in [9.17, 15) is 4.79 Å². The quantitative estimate of drug-likeness (QED) is 0.573. The van der Waals surface area contributed by atoms with Gasteiger partial charge in [-0.15, -0.1) is 5.10 Å². The van der Waals surface area contributed by atoms with Crippen LogP contribution in [-0.4, -0.2) is 38.2 Å². The minimum Gasteiger partial charge on any atom is -0.480 e. The van der Waals surface area contributed by atoms with Crippen LogP contribution in [-0.2, 0) is 11.3 Å². The molecule has 0 spiro atoms. The second-order valence-corrected chi connectivity index (χ2v) is 2.77. The first-order chi connectivity index (χ1) is 6.61. The molecule has 0 saturated carbocycles. The lowest BCUT2D eigenvalue weighted by Crippen LogP contribution is -2.24. The van der Waals surface area contributed by atoms with Gasteiger partial charge in [-0.05, 0) is 12.2 Å². The second kappa shape index (κ2) is 4.51. The molecule has 8 heteroatoms. The fourth-order valence-electron chi connectivity index (χ4n) is 0.731. The topological polar surface area (TPSA) is 92.1 Å². The summed E-state index contributed by atoms with van der Waals surface area (Å²) in [5, 5.41) is 21.8. The Labute approximate surface area is 85.1 Å². The highest BCUT2D eigenvalue weighted by Crippen LogP contribution is 1.97. The van der Waals surface area contributed by atoms with Crippen LogP contribution in [0.2, 0.25) is 0 Å². The molecule has 0 aliphatic carbocycles. The molecule has 1 aromatic rings. The standard InChI is InChI=1S/C6H9N5O2S/c1-7-6(14)9-4-2-8-11(10-4)3-5(12)13/h2H,3H2,1H3,(H,12,13)(H2,7,9,10,14). The predicted molar refractivity (Wildman–Crippen MR) is 52.9 cm³/mol. The monoisotopic (exact) mass is 215 g/mol. The van der Waals surface area contributed by atoms with Gasteiger partial charge in [0.2, 0.25) is 0 Å². The minimum atomic E-state index is -0.997. The average Bonchev–Trinajstić information content (AvgIpc) is 2.51.